The van der Waals surface area contributed by atoms with Gasteiger partial charge < -0.3 is 14.4 Å². The van der Waals surface area contributed by atoms with Crippen molar-refractivity contribution < 1.29 is 14.3 Å². The molecule has 2 aliphatic heterocycles. The van der Waals surface area contributed by atoms with Crippen LogP contribution in [0.3, 0.4) is 0 Å². The quantitative estimate of drug-likeness (QED) is 0.803. The molecule has 4 nitrogen and oxygen atoms in total. The summed E-state index contributed by atoms with van der Waals surface area (Å²) in [6.45, 7) is 1.16. The van der Waals surface area contributed by atoms with Crippen molar-refractivity contribution in [2.45, 2.75) is 38.1 Å². The zero-order valence-corrected chi connectivity index (χ0v) is 12.7. The van der Waals surface area contributed by atoms with Gasteiger partial charge in [-0.25, -0.2) is 0 Å². The van der Waals surface area contributed by atoms with E-state index in [1.807, 2.05) is 12.1 Å². The Balaban J connectivity index is 1.50. The van der Waals surface area contributed by atoms with Crippen molar-refractivity contribution in [2.24, 2.45) is 5.92 Å². The van der Waals surface area contributed by atoms with Gasteiger partial charge in [0.25, 0.3) is 0 Å². The van der Waals surface area contributed by atoms with Gasteiger partial charge in [0.15, 0.2) is 11.5 Å². The Labute approximate surface area is 130 Å². The minimum Gasteiger partial charge on any atom is -0.454 e. The third kappa shape index (κ3) is 2.47. The Morgan fingerprint density at radius 2 is 2.14 bits per heavy atom. The zero-order chi connectivity index (χ0) is 14.9. The monoisotopic (exact) mass is 299 g/mol. The molecule has 4 rings (SSSR count). The summed E-state index contributed by atoms with van der Waals surface area (Å²) in [6.07, 6.45) is 9.38. The van der Waals surface area contributed by atoms with Crippen molar-refractivity contribution in [2.75, 3.05) is 13.3 Å². The molecular weight excluding hydrogens is 278 g/mol. The summed E-state index contributed by atoms with van der Waals surface area (Å²) < 4.78 is 10.8. The number of fused-ring (bicyclic) bond motifs is 1. The number of likely N-dealkylation sites (tertiary alicyclic amines) is 1. The number of amides is 1. The maximum absolute atomic E-state index is 12.7. The van der Waals surface area contributed by atoms with Gasteiger partial charge in [-0.05, 0) is 49.3 Å². The third-order valence-electron chi connectivity index (χ3n) is 4.90. The van der Waals surface area contributed by atoms with E-state index in [-0.39, 0.29) is 11.9 Å². The molecule has 1 amide bonds. The van der Waals surface area contributed by atoms with Gasteiger partial charge in [-0.1, -0.05) is 18.2 Å². The highest BCUT2D eigenvalue weighted by atomic mass is 16.7. The van der Waals surface area contributed by atoms with Crippen LogP contribution in [-0.4, -0.2) is 24.1 Å². The lowest BCUT2D eigenvalue weighted by Gasteiger charge is -2.26. The van der Waals surface area contributed by atoms with Gasteiger partial charge in [0.05, 0.1) is 6.04 Å². The lowest BCUT2D eigenvalue weighted by molar-refractivity contribution is -0.132. The Morgan fingerprint density at radius 1 is 1.23 bits per heavy atom. The summed E-state index contributed by atoms with van der Waals surface area (Å²) in [4.78, 5) is 14.7. The minimum absolute atomic E-state index is 0.187. The number of hydrogen-bond acceptors (Lipinski definition) is 3. The van der Waals surface area contributed by atoms with Crippen LogP contribution in [0.15, 0.2) is 30.4 Å². The number of carbonyl (C=O) groups is 1. The highest BCUT2D eigenvalue weighted by Crippen LogP contribution is 2.39. The van der Waals surface area contributed by atoms with Gasteiger partial charge in [0, 0.05) is 13.0 Å². The van der Waals surface area contributed by atoms with E-state index in [9.17, 15) is 4.79 Å². The standard InChI is InChI=1S/C18H21NO3/c20-18(10-13-4-1-2-5-13)19-9-3-6-15(19)14-7-8-16-17(11-14)22-12-21-16/h1,4,7-8,11,13,15H,2-3,5-6,9-10,12H2/t13-,15-/m1/s1. The molecule has 116 valence electrons. The molecule has 1 fully saturated rings. The van der Waals surface area contributed by atoms with E-state index in [1.54, 1.807) is 0 Å². The smallest absolute Gasteiger partial charge is 0.231 e. The average molecular weight is 299 g/mol. The van der Waals surface area contributed by atoms with E-state index in [0.29, 0.717) is 19.1 Å². The van der Waals surface area contributed by atoms with Crippen LogP contribution in [0.2, 0.25) is 0 Å². The van der Waals surface area contributed by atoms with Crippen molar-refractivity contribution in [3.8, 4) is 11.5 Å². The van der Waals surface area contributed by atoms with Gasteiger partial charge in [0.2, 0.25) is 12.7 Å². The highest BCUT2D eigenvalue weighted by molar-refractivity contribution is 5.77. The van der Waals surface area contributed by atoms with Crippen molar-refractivity contribution in [1.29, 1.82) is 0 Å². The molecule has 0 spiro atoms. The lowest BCUT2D eigenvalue weighted by atomic mass is 10.0. The molecule has 0 N–H and O–H groups in total. The second-order valence-electron chi connectivity index (χ2n) is 6.33. The van der Waals surface area contributed by atoms with Crippen LogP contribution in [0.4, 0.5) is 0 Å². The second kappa shape index (κ2) is 5.67. The van der Waals surface area contributed by atoms with Crippen molar-refractivity contribution >= 4 is 5.91 Å². The summed E-state index contributed by atoms with van der Waals surface area (Å²) in [5.74, 6) is 2.33. The molecule has 22 heavy (non-hydrogen) atoms. The molecular formula is C18H21NO3. The van der Waals surface area contributed by atoms with Crippen LogP contribution in [-0.2, 0) is 4.79 Å². The fourth-order valence-corrected chi connectivity index (χ4v) is 3.74. The Bertz CT molecular complexity index is 610. The normalized spacial score (nSPS) is 25.9. The van der Waals surface area contributed by atoms with Crippen LogP contribution in [0, 0.1) is 5.92 Å². The first-order valence-electron chi connectivity index (χ1n) is 8.17. The number of benzene rings is 1. The number of hydrogen-bond donors (Lipinski definition) is 0. The van der Waals surface area contributed by atoms with E-state index in [4.69, 9.17) is 9.47 Å². The largest absolute Gasteiger partial charge is 0.454 e. The molecule has 1 aliphatic carbocycles. The molecule has 0 aromatic heterocycles. The Kier molecular flexibility index (Phi) is 3.53. The van der Waals surface area contributed by atoms with Crippen molar-refractivity contribution in [1.82, 2.24) is 4.90 Å². The number of rotatable bonds is 3. The van der Waals surface area contributed by atoms with Crippen molar-refractivity contribution in [3.63, 3.8) is 0 Å². The molecule has 4 heteroatoms. The first-order chi connectivity index (χ1) is 10.8. The van der Waals surface area contributed by atoms with Gasteiger partial charge in [-0.15, -0.1) is 0 Å². The van der Waals surface area contributed by atoms with Crippen LogP contribution >= 0.6 is 0 Å². The van der Waals surface area contributed by atoms with Gasteiger partial charge >= 0.3 is 0 Å². The van der Waals surface area contributed by atoms with Crippen LogP contribution in [0.25, 0.3) is 0 Å². The molecule has 2 heterocycles. The molecule has 0 bridgehead atoms. The van der Waals surface area contributed by atoms with E-state index in [2.05, 4.69) is 23.1 Å². The number of ether oxygens (including phenoxy) is 2. The first-order valence-corrected chi connectivity index (χ1v) is 8.17. The maximum Gasteiger partial charge on any atom is 0.231 e. The summed E-state index contributed by atoms with van der Waals surface area (Å²) in [5, 5.41) is 0. The van der Waals surface area contributed by atoms with E-state index < -0.39 is 0 Å². The highest BCUT2D eigenvalue weighted by Gasteiger charge is 2.31. The van der Waals surface area contributed by atoms with E-state index >= 15 is 0 Å². The fourth-order valence-electron chi connectivity index (χ4n) is 3.74. The Hall–Kier alpha value is -1.97. The second-order valence-corrected chi connectivity index (χ2v) is 6.33. The predicted molar refractivity (Wildman–Crippen MR) is 82.7 cm³/mol. The number of carbonyl (C=O) groups excluding carboxylic acids is 1. The zero-order valence-electron chi connectivity index (χ0n) is 12.7. The molecule has 0 radical (unpaired) electrons. The van der Waals surface area contributed by atoms with E-state index in [0.717, 1.165) is 49.3 Å². The summed E-state index contributed by atoms with van der Waals surface area (Å²) in [7, 11) is 0. The van der Waals surface area contributed by atoms with Crippen LogP contribution in [0.1, 0.15) is 43.7 Å². The fraction of sp³-hybridized carbons (Fsp3) is 0.500. The number of nitrogens with zero attached hydrogens (tertiary/aromatic N) is 1. The lowest BCUT2D eigenvalue weighted by Crippen LogP contribution is -2.31. The summed E-state index contributed by atoms with van der Waals surface area (Å²) in [6, 6.07) is 6.25. The van der Waals surface area contributed by atoms with Crippen LogP contribution < -0.4 is 9.47 Å². The summed E-state index contributed by atoms with van der Waals surface area (Å²) in [5.41, 5.74) is 1.16. The molecule has 1 aromatic carbocycles. The molecule has 1 saturated heterocycles. The third-order valence-corrected chi connectivity index (χ3v) is 4.90. The van der Waals surface area contributed by atoms with Gasteiger partial charge in [-0.3, -0.25) is 4.79 Å². The van der Waals surface area contributed by atoms with Crippen molar-refractivity contribution in [3.05, 3.63) is 35.9 Å². The predicted octanol–water partition coefficient (Wildman–Crippen LogP) is 3.44. The summed E-state index contributed by atoms with van der Waals surface area (Å²) >= 11 is 0. The van der Waals surface area contributed by atoms with Crippen LogP contribution in [0.5, 0.6) is 11.5 Å². The van der Waals surface area contributed by atoms with Gasteiger partial charge in [-0.2, -0.15) is 0 Å². The first kappa shape index (κ1) is 13.7. The molecule has 2 atom stereocenters. The van der Waals surface area contributed by atoms with E-state index in [1.165, 1.54) is 0 Å². The molecule has 0 unspecified atom stereocenters. The average Bonchev–Trinajstić information content (AvgIpc) is 3.27. The molecule has 3 aliphatic rings. The SMILES string of the molecule is O=C(C[C@@H]1C=CCC1)N1CCC[C@@H]1c1ccc2c(c1)OCO2. The number of allylic oxidation sites excluding steroid dienone is 2. The Morgan fingerprint density at radius 3 is 3.00 bits per heavy atom. The molecule has 1 aromatic rings. The minimum atomic E-state index is 0.187. The maximum atomic E-state index is 12.7. The molecule has 0 saturated carbocycles. The topological polar surface area (TPSA) is 38.8 Å². The van der Waals surface area contributed by atoms with Gasteiger partial charge in [0.1, 0.15) is 0 Å².